The second-order valence-corrected chi connectivity index (χ2v) is 5.61. The summed E-state index contributed by atoms with van der Waals surface area (Å²) in [6, 6.07) is 1.36. The number of nitrogens with zero attached hydrogens (tertiary/aromatic N) is 3. The van der Waals surface area contributed by atoms with Crippen LogP contribution in [-0.4, -0.2) is 58.5 Å². The number of amides is 1. The highest BCUT2D eigenvalue weighted by atomic mass is 35.5. The van der Waals surface area contributed by atoms with Crippen LogP contribution in [-0.2, 0) is 4.74 Å². The number of hydrogen-bond donors (Lipinski definition) is 1. The van der Waals surface area contributed by atoms with Crippen LogP contribution in [0.3, 0.4) is 0 Å². The summed E-state index contributed by atoms with van der Waals surface area (Å²) in [7, 11) is 1.60. The second-order valence-electron chi connectivity index (χ2n) is 4.87. The molecule has 0 spiro atoms. The molecule has 8 heteroatoms. The molecule has 0 saturated carbocycles. The SMILES string of the molecule is CN(CC1(O)CCOCC1)C(=O)c1cc(Cl)nnc1Cl. The van der Waals surface area contributed by atoms with E-state index in [1.807, 2.05) is 0 Å². The molecule has 1 N–H and O–H groups in total. The van der Waals surface area contributed by atoms with Crippen molar-refractivity contribution in [2.45, 2.75) is 18.4 Å². The summed E-state index contributed by atoms with van der Waals surface area (Å²) in [5.41, 5.74) is -0.760. The van der Waals surface area contributed by atoms with Crippen molar-refractivity contribution in [3.8, 4) is 0 Å². The van der Waals surface area contributed by atoms with Crippen molar-refractivity contribution in [2.75, 3.05) is 26.8 Å². The van der Waals surface area contributed by atoms with Gasteiger partial charge in [-0.3, -0.25) is 4.79 Å². The minimum atomic E-state index is -0.931. The van der Waals surface area contributed by atoms with Gasteiger partial charge in [-0.2, -0.15) is 0 Å². The van der Waals surface area contributed by atoms with Crippen molar-refractivity contribution in [3.63, 3.8) is 0 Å². The second kappa shape index (κ2) is 6.22. The number of rotatable bonds is 3. The molecule has 2 heterocycles. The van der Waals surface area contributed by atoms with Gasteiger partial charge in [-0.1, -0.05) is 23.2 Å². The molecule has 0 unspecified atom stereocenters. The van der Waals surface area contributed by atoms with Gasteiger partial charge in [0, 0.05) is 39.6 Å². The van der Waals surface area contributed by atoms with Gasteiger partial charge in [-0.15, -0.1) is 10.2 Å². The maximum atomic E-state index is 12.3. The molecule has 110 valence electrons. The van der Waals surface area contributed by atoms with E-state index in [0.717, 1.165) is 0 Å². The van der Waals surface area contributed by atoms with Crippen LogP contribution in [0.2, 0.25) is 10.3 Å². The van der Waals surface area contributed by atoms with E-state index in [-0.39, 0.29) is 28.3 Å². The van der Waals surface area contributed by atoms with Crippen LogP contribution in [0.1, 0.15) is 23.2 Å². The van der Waals surface area contributed by atoms with Gasteiger partial charge in [-0.25, -0.2) is 0 Å². The molecule has 0 aliphatic carbocycles. The number of hydrogen-bond acceptors (Lipinski definition) is 5. The van der Waals surface area contributed by atoms with Gasteiger partial charge >= 0.3 is 0 Å². The highest BCUT2D eigenvalue weighted by Gasteiger charge is 2.33. The Morgan fingerprint density at radius 2 is 2.10 bits per heavy atom. The summed E-state index contributed by atoms with van der Waals surface area (Å²) in [6.45, 7) is 1.18. The lowest BCUT2D eigenvalue weighted by atomic mass is 9.94. The maximum absolute atomic E-state index is 12.3. The smallest absolute Gasteiger partial charge is 0.257 e. The zero-order chi connectivity index (χ0) is 14.8. The van der Waals surface area contributed by atoms with Crippen LogP contribution in [0, 0.1) is 0 Å². The van der Waals surface area contributed by atoms with E-state index < -0.39 is 5.60 Å². The number of aliphatic hydroxyl groups is 1. The van der Waals surface area contributed by atoms with Crippen LogP contribution in [0.25, 0.3) is 0 Å². The van der Waals surface area contributed by atoms with Gasteiger partial charge in [-0.05, 0) is 6.07 Å². The van der Waals surface area contributed by atoms with Crippen molar-refractivity contribution >= 4 is 29.1 Å². The summed E-state index contributed by atoms with van der Waals surface area (Å²) >= 11 is 11.6. The Labute approximate surface area is 126 Å². The molecule has 1 aromatic heterocycles. The Kier molecular flexibility index (Phi) is 4.80. The van der Waals surface area contributed by atoms with Gasteiger partial charge < -0.3 is 14.7 Å². The molecule has 6 nitrogen and oxygen atoms in total. The van der Waals surface area contributed by atoms with E-state index in [4.69, 9.17) is 27.9 Å². The molecule has 0 radical (unpaired) electrons. The zero-order valence-corrected chi connectivity index (χ0v) is 12.5. The highest BCUT2D eigenvalue weighted by molar-refractivity contribution is 6.34. The van der Waals surface area contributed by atoms with Crippen molar-refractivity contribution in [1.29, 1.82) is 0 Å². The Morgan fingerprint density at radius 1 is 1.45 bits per heavy atom. The molecule has 20 heavy (non-hydrogen) atoms. The molecule has 0 aromatic carbocycles. The zero-order valence-electron chi connectivity index (χ0n) is 11.0. The van der Waals surface area contributed by atoms with Gasteiger partial charge in [0.25, 0.3) is 5.91 Å². The van der Waals surface area contributed by atoms with Gasteiger partial charge in [0.15, 0.2) is 10.3 Å². The minimum Gasteiger partial charge on any atom is -0.388 e. The van der Waals surface area contributed by atoms with Gasteiger partial charge in [0.1, 0.15) is 0 Å². The fourth-order valence-electron chi connectivity index (χ4n) is 2.13. The minimum absolute atomic E-state index is 0.00906. The van der Waals surface area contributed by atoms with Crippen molar-refractivity contribution < 1.29 is 14.6 Å². The molecular formula is C12H15Cl2N3O3. The molecule has 1 fully saturated rings. The Bertz CT molecular complexity index is 507. The summed E-state index contributed by atoms with van der Waals surface area (Å²) in [6.07, 6.45) is 0.988. The Hall–Kier alpha value is -0.950. The van der Waals surface area contributed by atoms with Crippen LogP contribution in [0.4, 0.5) is 0 Å². The molecule has 1 amide bonds. The van der Waals surface area contributed by atoms with Crippen LogP contribution in [0.5, 0.6) is 0 Å². The maximum Gasteiger partial charge on any atom is 0.257 e. The number of halogens is 2. The fraction of sp³-hybridized carbons (Fsp3) is 0.583. The summed E-state index contributed by atoms with van der Waals surface area (Å²) in [5, 5.41) is 17.6. The standard InChI is InChI=1S/C12H15Cl2N3O3/c1-17(7-12(19)2-4-20-5-3-12)11(18)8-6-9(13)15-16-10(8)14/h6,19H,2-5,7H2,1H3. The molecule has 1 aliphatic rings. The predicted molar refractivity (Wildman–Crippen MR) is 74.0 cm³/mol. The van der Waals surface area contributed by atoms with Crippen molar-refractivity contribution in [3.05, 3.63) is 21.9 Å². The van der Waals surface area contributed by atoms with E-state index in [1.54, 1.807) is 7.05 Å². The number of carbonyl (C=O) groups is 1. The lowest BCUT2D eigenvalue weighted by Crippen LogP contribution is -2.47. The number of aromatic nitrogens is 2. The van der Waals surface area contributed by atoms with Crippen molar-refractivity contribution in [1.82, 2.24) is 15.1 Å². The predicted octanol–water partition coefficient (Wildman–Crippen LogP) is 1.40. The summed E-state index contributed by atoms with van der Waals surface area (Å²) in [5.74, 6) is -0.355. The molecule has 2 rings (SSSR count). The number of ether oxygens (including phenoxy) is 1. The van der Waals surface area contributed by atoms with Crippen LogP contribution >= 0.6 is 23.2 Å². The van der Waals surface area contributed by atoms with Crippen LogP contribution < -0.4 is 0 Å². The molecule has 1 aromatic rings. The number of carbonyl (C=O) groups excluding carboxylic acids is 1. The first-order valence-corrected chi connectivity index (χ1v) is 6.91. The van der Waals surface area contributed by atoms with Crippen molar-refractivity contribution in [2.24, 2.45) is 0 Å². The lowest BCUT2D eigenvalue weighted by Gasteiger charge is -2.35. The first-order chi connectivity index (χ1) is 9.41. The van der Waals surface area contributed by atoms with Crippen LogP contribution in [0.15, 0.2) is 6.07 Å². The molecule has 1 aliphatic heterocycles. The number of likely N-dealkylation sites (N-methyl/N-ethyl adjacent to an activating group) is 1. The lowest BCUT2D eigenvalue weighted by molar-refractivity contribution is -0.0734. The summed E-state index contributed by atoms with van der Waals surface area (Å²) in [4.78, 5) is 13.7. The molecule has 1 saturated heterocycles. The third kappa shape index (κ3) is 3.58. The Balaban J connectivity index is 2.10. The van der Waals surface area contributed by atoms with E-state index >= 15 is 0 Å². The molecule has 0 bridgehead atoms. The quantitative estimate of drug-likeness (QED) is 0.911. The fourth-order valence-corrected chi connectivity index (χ4v) is 2.45. The van der Waals surface area contributed by atoms with E-state index in [1.165, 1.54) is 11.0 Å². The first-order valence-electron chi connectivity index (χ1n) is 6.16. The van der Waals surface area contributed by atoms with Gasteiger partial charge in [0.05, 0.1) is 11.2 Å². The first kappa shape index (κ1) is 15.4. The highest BCUT2D eigenvalue weighted by Crippen LogP contribution is 2.23. The Morgan fingerprint density at radius 3 is 2.75 bits per heavy atom. The van der Waals surface area contributed by atoms with Gasteiger partial charge in [0.2, 0.25) is 0 Å². The normalized spacial score (nSPS) is 17.8. The third-order valence-electron chi connectivity index (χ3n) is 3.25. The van der Waals surface area contributed by atoms with E-state index in [2.05, 4.69) is 10.2 Å². The average Bonchev–Trinajstić information content (AvgIpc) is 2.41. The third-order valence-corrected chi connectivity index (χ3v) is 3.72. The topological polar surface area (TPSA) is 75.6 Å². The van der Waals surface area contributed by atoms with E-state index in [9.17, 15) is 9.90 Å². The molecule has 0 atom stereocenters. The monoisotopic (exact) mass is 319 g/mol. The summed E-state index contributed by atoms with van der Waals surface area (Å²) < 4.78 is 5.21. The average molecular weight is 320 g/mol. The molecular weight excluding hydrogens is 305 g/mol. The van der Waals surface area contributed by atoms with E-state index in [0.29, 0.717) is 26.1 Å². The largest absolute Gasteiger partial charge is 0.388 e.